The molecular weight excluding hydrogens is 484 g/mol. The molecule has 0 bridgehead atoms. The first-order valence-electron chi connectivity index (χ1n) is 12.5. The fraction of sp³-hybridized carbons (Fsp3) is 0.367. The van der Waals surface area contributed by atoms with E-state index in [-0.39, 0.29) is 28.6 Å². The Labute approximate surface area is 212 Å². The molecule has 3 fully saturated rings. The van der Waals surface area contributed by atoms with E-state index in [2.05, 4.69) is 66.5 Å². The van der Waals surface area contributed by atoms with Crippen LogP contribution in [0, 0.1) is 11.8 Å². The van der Waals surface area contributed by atoms with Gasteiger partial charge in [-0.05, 0) is 53.4 Å². The van der Waals surface area contributed by atoms with Gasteiger partial charge in [-0.1, -0.05) is 54.6 Å². The third kappa shape index (κ3) is 3.01. The molecule has 2 saturated heterocycles. The van der Waals surface area contributed by atoms with E-state index >= 15 is 0 Å². The number of halogens is 1. The molecule has 174 valence electrons. The highest BCUT2D eigenvalue weighted by Gasteiger charge is 2.71. The molecule has 3 nitrogen and oxygen atoms in total. The van der Waals surface area contributed by atoms with Gasteiger partial charge in [-0.2, -0.15) is 0 Å². The van der Waals surface area contributed by atoms with E-state index < -0.39 is 0 Å². The van der Waals surface area contributed by atoms with Crippen molar-refractivity contribution in [3.63, 3.8) is 0 Å². The van der Waals surface area contributed by atoms with Crippen LogP contribution >= 0.6 is 0 Å². The molecule has 0 radical (unpaired) electrons. The topological polar surface area (TPSA) is 22.1 Å². The number of ether oxygens (including phenoxy) is 1. The summed E-state index contributed by atoms with van der Waals surface area (Å²) < 4.78 is 7.78. The van der Waals surface area contributed by atoms with E-state index in [0.29, 0.717) is 5.92 Å². The van der Waals surface area contributed by atoms with E-state index in [1.54, 1.807) is 0 Å². The van der Waals surface area contributed by atoms with E-state index in [1.807, 2.05) is 24.4 Å². The highest BCUT2D eigenvalue weighted by Crippen LogP contribution is 2.61. The summed E-state index contributed by atoms with van der Waals surface area (Å²) in [4.78, 5) is 4.50. The number of aromatic nitrogens is 1. The van der Waals surface area contributed by atoms with Crippen LogP contribution in [0.2, 0.25) is 0 Å². The normalized spacial score (nSPS) is 31.5. The molecule has 1 saturated carbocycles. The van der Waals surface area contributed by atoms with Crippen LogP contribution in [0.4, 0.5) is 0 Å². The van der Waals surface area contributed by atoms with Gasteiger partial charge in [0.25, 0.3) is 0 Å². The molecule has 1 aromatic heterocycles. The number of hydrogen-bond donors (Lipinski definition) is 0. The van der Waals surface area contributed by atoms with Crippen LogP contribution in [0.1, 0.15) is 31.7 Å². The fourth-order valence-corrected chi connectivity index (χ4v) is 8.00. The maximum atomic E-state index is 6.62. The maximum absolute atomic E-state index is 6.62. The van der Waals surface area contributed by atoms with Crippen molar-refractivity contribution in [1.29, 1.82) is 0 Å². The van der Waals surface area contributed by atoms with Gasteiger partial charge in [0.2, 0.25) is 5.88 Å². The van der Waals surface area contributed by atoms with Gasteiger partial charge in [0, 0.05) is 30.2 Å². The Hall–Kier alpha value is -2.43. The number of nitrogens with zero attached hydrogens (tertiary/aromatic N) is 2. The predicted molar refractivity (Wildman–Crippen MR) is 133 cm³/mol. The first kappa shape index (κ1) is 22.1. The summed E-state index contributed by atoms with van der Waals surface area (Å²) in [5, 5.41) is 5.54. The summed E-state index contributed by atoms with van der Waals surface area (Å²) in [6.45, 7) is 6.04. The minimum atomic E-state index is 0. The molecule has 0 spiro atoms. The Kier molecular flexibility index (Phi) is 5.23. The van der Waals surface area contributed by atoms with Gasteiger partial charge in [0.15, 0.2) is 6.10 Å². The van der Waals surface area contributed by atoms with E-state index in [1.165, 1.54) is 52.9 Å². The molecule has 7 rings (SSSR count). The summed E-state index contributed by atoms with van der Waals surface area (Å²) in [5.41, 5.74) is 1.81. The summed E-state index contributed by atoms with van der Waals surface area (Å²) >= 11 is 0. The Morgan fingerprint density at radius 1 is 0.912 bits per heavy atom. The second-order valence-electron chi connectivity index (χ2n) is 10.7. The molecule has 0 N–H and O–H groups in total. The van der Waals surface area contributed by atoms with E-state index in [4.69, 9.17) is 4.74 Å². The third-order valence-electron chi connectivity index (χ3n) is 9.56. The van der Waals surface area contributed by atoms with Crippen LogP contribution in [0.5, 0.6) is 5.88 Å². The number of hydrogen-bond acceptors (Lipinski definition) is 2. The standard InChI is InChI=1S/C30H31N2O.BrH/c1-30-23-13-14-27(30)28(33-29-12-6-7-16-31-29)20-32(30,17-15-23)19-26-24-10-4-2-8-21(24)18-22-9-3-5-11-25(22)26;/h2-12,16,18,23,27-28H,13-15,17,19-20H2,1H3;1H/q+1;/p-1/t23-,27+,28+,30+,32+;/m0./s1. The smallest absolute Gasteiger partial charge is 0.213 e. The number of rotatable bonds is 4. The minimum absolute atomic E-state index is 0. The highest BCUT2D eigenvalue weighted by molar-refractivity contribution is 6.02. The van der Waals surface area contributed by atoms with Gasteiger partial charge in [-0.3, -0.25) is 0 Å². The van der Waals surface area contributed by atoms with Crippen molar-refractivity contribution in [3.05, 3.63) is 84.6 Å². The first-order valence-corrected chi connectivity index (χ1v) is 12.5. The number of pyridine rings is 1. The van der Waals surface area contributed by atoms with Crippen molar-refractivity contribution in [1.82, 2.24) is 4.98 Å². The summed E-state index contributed by atoms with van der Waals surface area (Å²) in [6, 6.07) is 26.3. The molecule has 34 heavy (non-hydrogen) atoms. The van der Waals surface area contributed by atoms with Crippen LogP contribution in [-0.2, 0) is 6.54 Å². The quantitative estimate of drug-likeness (QED) is 0.307. The van der Waals surface area contributed by atoms with Crippen LogP contribution < -0.4 is 21.7 Å². The molecule has 0 amide bonds. The van der Waals surface area contributed by atoms with Gasteiger partial charge in [-0.15, -0.1) is 0 Å². The predicted octanol–water partition coefficient (Wildman–Crippen LogP) is 3.36. The fourth-order valence-electron chi connectivity index (χ4n) is 8.00. The van der Waals surface area contributed by atoms with E-state index in [9.17, 15) is 0 Å². The van der Waals surface area contributed by atoms with Crippen molar-refractivity contribution >= 4 is 21.5 Å². The number of quaternary nitrogens is 1. The minimum Gasteiger partial charge on any atom is -1.00 e. The molecule has 3 aromatic carbocycles. The largest absolute Gasteiger partial charge is 1.00 e. The molecule has 1 aliphatic carbocycles. The Morgan fingerprint density at radius 3 is 2.32 bits per heavy atom. The third-order valence-corrected chi connectivity index (χ3v) is 9.56. The monoisotopic (exact) mass is 514 g/mol. The molecule has 0 unspecified atom stereocenters. The summed E-state index contributed by atoms with van der Waals surface area (Å²) in [7, 11) is 0. The van der Waals surface area contributed by atoms with Crippen molar-refractivity contribution in [2.24, 2.45) is 11.8 Å². The summed E-state index contributed by atoms with van der Waals surface area (Å²) in [6.07, 6.45) is 6.08. The van der Waals surface area contributed by atoms with Gasteiger partial charge < -0.3 is 26.2 Å². The van der Waals surface area contributed by atoms with Gasteiger partial charge in [-0.25, -0.2) is 4.98 Å². The zero-order valence-electron chi connectivity index (χ0n) is 19.7. The second kappa shape index (κ2) is 8.07. The molecule has 2 aliphatic heterocycles. The van der Waals surface area contributed by atoms with Crippen LogP contribution in [0.15, 0.2) is 79.0 Å². The van der Waals surface area contributed by atoms with Gasteiger partial charge >= 0.3 is 0 Å². The lowest BCUT2D eigenvalue weighted by molar-refractivity contribution is -0.965. The average molecular weight is 515 g/mol. The average Bonchev–Trinajstić information content (AvgIpc) is 3.42. The van der Waals surface area contributed by atoms with Crippen LogP contribution in [-0.4, -0.2) is 34.2 Å². The molecule has 3 heterocycles. The van der Waals surface area contributed by atoms with E-state index in [0.717, 1.165) is 29.4 Å². The SMILES string of the molecule is C[C@@]12[C@H]3CC[C@@H]1[C@H](Oc1ccccn1)C[N@+]2(Cc1c2ccccc2cc2ccccc12)CC3.[Br-]. The lowest BCUT2D eigenvalue weighted by Crippen LogP contribution is -3.00. The lowest BCUT2D eigenvalue weighted by Gasteiger charge is -2.44. The Bertz CT molecular complexity index is 1300. The first-order chi connectivity index (χ1) is 16.2. The van der Waals surface area contributed by atoms with Gasteiger partial charge in [0.05, 0.1) is 12.5 Å². The van der Waals surface area contributed by atoms with Gasteiger partial charge in [0.1, 0.15) is 18.6 Å². The van der Waals surface area contributed by atoms with Crippen LogP contribution in [0.25, 0.3) is 21.5 Å². The lowest BCUT2D eigenvalue weighted by atomic mass is 9.82. The van der Waals surface area contributed by atoms with Crippen molar-refractivity contribution in [2.45, 2.75) is 44.4 Å². The molecule has 4 heteroatoms. The zero-order valence-corrected chi connectivity index (χ0v) is 21.2. The molecule has 5 atom stereocenters. The number of benzene rings is 3. The number of fused-ring (bicyclic) bond motifs is 2. The van der Waals surface area contributed by atoms with Crippen LogP contribution in [0.3, 0.4) is 0 Å². The summed E-state index contributed by atoms with van der Waals surface area (Å²) in [5.74, 6) is 2.19. The Balaban J connectivity index is 0.00000217. The maximum Gasteiger partial charge on any atom is 0.213 e. The van der Waals surface area contributed by atoms with Crippen molar-refractivity contribution < 1.29 is 26.2 Å². The second-order valence-corrected chi connectivity index (χ2v) is 10.7. The van der Waals surface area contributed by atoms with Crippen molar-refractivity contribution in [2.75, 3.05) is 13.1 Å². The highest BCUT2D eigenvalue weighted by atomic mass is 79.9. The van der Waals surface area contributed by atoms with Crippen molar-refractivity contribution in [3.8, 4) is 5.88 Å². The molecular formula is C30H31BrN2O. The zero-order chi connectivity index (χ0) is 22.0. The molecule has 4 aromatic rings. The molecule has 3 aliphatic rings. The Morgan fingerprint density at radius 2 is 1.62 bits per heavy atom.